The quantitative estimate of drug-likeness (QED) is 0.551. The molecule has 0 atom stereocenters. The summed E-state index contributed by atoms with van der Waals surface area (Å²) < 4.78 is 1.24. The number of pyridine rings is 1. The fraction of sp³-hybridized carbons (Fsp3) is 0.190. The summed E-state index contributed by atoms with van der Waals surface area (Å²) in [4.78, 5) is 33.5. The van der Waals surface area contributed by atoms with Gasteiger partial charge in [-0.2, -0.15) is 5.10 Å². The van der Waals surface area contributed by atoms with Gasteiger partial charge in [0.05, 0.1) is 22.8 Å². The average molecular weight is 455 g/mol. The Kier molecular flexibility index (Phi) is 5.63. The predicted octanol–water partition coefficient (Wildman–Crippen LogP) is 4.58. The molecular weight excluding hydrogens is 439 g/mol. The van der Waals surface area contributed by atoms with E-state index in [-0.39, 0.29) is 34.2 Å². The average Bonchev–Trinajstić information content (AvgIpc) is 3.47. The maximum absolute atomic E-state index is 13.2. The van der Waals surface area contributed by atoms with Crippen LogP contribution in [-0.2, 0) is 0 Å². The summed E-state index contributed by atoms with van der Waals surface area (Å²) >= 11 is 12.3. The third-order valence-electron chi connectivity index (χ3n) is 4.70. The zero-order valence-corrected chi connectivity index (χ0v) is 17.8. The molecule has 156 valence electrons. The fourth-order valence-electron chi connectivity index (χ4n) is 3.05. The minimum Gasteiger partial charge on any atom is -0.349 e. The third kappa shape index (κ3) is 4.38. The number of nitrogens with zero attached hydrogens (tertiary/aromatic N) is 4. The van der Waals surface area contributed by atoms with Gasteiger partial charge in [0.1, 0.15) is 5.69 Å². The van der Waals surface area contributed by atoms with Crippen LogP contribution in [0, 0.1) is 13.5 Å². The Morgan fingerprint density at radius 3 is 2.68 bits per heavy atom. The van der Waals surface area contributed by atoms with Crippen LogP contribution < -0.4 is 10.6 Å². The molecule has 2 amide bonds. The van der Waals surface area contributed by atoms with Gasteiger partial charge >= 0.3 is 0 Å². The van der Waals surface area contributed by atoms with Crippen molar-refractivity contribution in [1.29, 1.82) is 0 Å². The monoisotopic (exact) mass is 454 g/mol. The van der Waals surface area contributed by atoms with Gasteiger partial charge in [0.2, 0.25) is 0 Å². The number of benzene rings is 1. The number of amides is 2. The lowest BCUT2D eigenvalue weighted by Gasteiger charge is -2.15. The summed E-state index contributed by atoms with van der Waals surface area (Å²) in [5.74, 6) is -0.654. The lowest BCUT2D eigenvalue weighted by Crippen LogP contribution is -2.27. The molecule has 1 saturated carbocycles. The molecule has 8 nitrogen and oxygen atoms in total. The molecule has 2 aromatic heterocycles. The minimum absolute atomic E-state index is 0.0821. The molecule has 0 spiro atoms. The fourth-order valence-corrected chi connectivity index (χ4v) is 3.44. The van der Waals surface area contributed by atoms with E-state index in [1.807, 2.05) is 0 Å². The van der Waals surface area contributed by atoms with Gasteiger partial charge in [-0.15, -0.1) is 0 Å². The van der Waals surface area contributed by atoms with Gasteiger partial charge in [-0.25, -0.2) is 14.5 Å². The number of rotatable bonds is 5. The van der Waals surface area contributed by atoms with Crippen molar-refractivity contribution in [1.82, 2.24) is 20.1 Å². The Morgan fingerprint density at radius 1 is 1.23 bits per heavy atom. The Hall–Kier alpha value is -3.41. The molecule has 1 fully saturated rings. The Balaban J connectivity index is 1.72. The van der Waals surface area contributed by atoms with Crippen LogP contribution in [0.3, 0.4) is 0 Å². The smallest absolute Gasteiger partial charge is 0.274 e. The van der Waals surface area contributed by atoms with Crippen LogP contribution >= 0.6 is 23.2 Å². The number of anilines is 1. The first-order valence-electron chi connectivity index (χ1n) is 9.38. The lowest BCUT2D eigenvalue weighted by atomic mass is 10.1. The zero-order valence-electron chi connectivity index (χ0n) is 16.3. The summed E-state index contributed by atoms with van der Waals surface area (Å²) in [5.41, 5.74) is 1.51. The second kappa shape index (κ2) is 8.38. The molecule has 1 aliphatic carbocycles. The third-order valence-corrected chi connectivity index (χ3v) is 5.18. The van der Waals surface area contributed by atoms with Crippen molar-refractivity contribution < 1.29 is 9.59 Å². The normalized spacial score (nSPS) is 12.8. The van der Waals surface area contributed by atoms with Gasteiger partial charge in [-0.1, -0.05) is 29.3 Å². The summed E-state index contributed by atoms with van der Waals surface area (Å²) in [5, 5.41) is 10.1. The number of hydrogen-bond donors (Lipinski definition) is 2. The molecule has 1 aliphatic rings. The summed E-state index contributed by atoms with van der Waals surface area (Å²) in [6, 6.07) is 7.86. The van der Waals surface area contributed by atoms with E-state index in [0.29, 0.717) is 22.0 Å². The summed E-state index contributed by atoms with van der Waals surface area (Å²) in [7, 11) is 0. The van der Waals surface area contributed by atoms with E-state index in [1.165, 1.54) is 23.0 Å². The van der Waals surface area contributed by atoms with Crippen LogP contribution in [0.2, 0.25) is 10.2 Å². The van der Waals surface area contributed by atoms with Gasteiger partial charge in [0.15, 0.2) is 16.7 Å². The van der Waals surface area contributed by atoms with E-state index in [2.05, 4.69) is 25.6 Å². The van der Waals surface area contributed by atoms with E-state index in [1.54, 1.807) is 25.1 Å². The molecule has 2 N–H and O–H groups in total. The molecule has 0 unspecified atom stereocenters. The molecule has 10 heteroatoms. The number of carbonyl (C=O) groups is 2. The molecule has 0 aliphatic heterocycles. The van der Waals surface area contributed by atoms with Gasteiger partial charge in [-0.3, -0.25) is 9.59 Å². The van der Waals surface area contributed by atoms with Gasteiger partial charge < -0.3 is 10.6 Å². The first-order valence-corrected chi connectivity index (χ1v) is 10.1. The van der Waals surface area contributed by atoms with Crippen LogP contribution in [0.1, 0.15) is 39.3 Å². The van der Waals surface area contributed by atoms with Crippen LogP contribution in [0.5, 0.6) is 0 Å². The van der Waals surface area contributed by atoms with Crippen LogP contribution in [0.4, 0.5) is 11.4 Å². The van der Waals surface area contributed by atoms with E-state index >= 15 is 0 Å². The van der Waals surface area contributed by atoms with Gasteiger partial charge in [0.25, 0.3) is 11.8 Å². The number of aromatic nitrogens is 3. The standard InChI is InChI=1S/C21H16Cl2N6O2/c1-11-8-13(24-2)9-14(20(30)26-12-5-6-12)18(11)27-21(31)16-10-17(23)28-29(16)19-15(22)4-3-7-25-19/h3-4,7-10,12H,5-6H2,1H3,(H,26,30)(H,27,31). The molecule has 31 heavy (non-hydrogen) atoms. The predicted molar refractivity (Wildman–Crippen MR) is 117 cm³/mol. The first kappa shape index (κ1) is 20.8. The Bertz CT molecular complexity index is 1240. The van der Waals surface area contributed by atoms with Crippen molar-refractivity contribution in [3.05, 3.63) is 74.9 Å². The van der Waals surface area contributed by atoms with Crippen LogP contribution in [0.25, 0.3) is 10.7 Å². The second-order valence-electron chi connectivity index (χ2n) is 7.07. The van der Waals surface area contributed by atoms with Crippen molar-refractivity contribution in [2.75, 3.05) is 5.32 Å². The first-order chi connectivity index (χ1) is 14.9. The zero-order chi connectivity index (χ0) is 22.1. The number of hydrogen-bond acceptors (Lipinski definition) is 4. The van der Waals surface area contributed by atoms with Crippen molar-refractivity contribution in [3.8, 4) is 5.82 Å². The molecule has 4 rings (SSSR count). The lowest BCUT2D eigenvalue weighted by molar-refractivity contribution is 0.0952. The van der Waals surface area contributed by atoms with Crippen molar-refractivity contribution in [2.24, 2.45) is 0 Å². The highest BCUT2D eigenvalue weighted by Gasteiger charge is 2.27. The molecular formula is C21H16Cl2N6O2. The SMILES string of the molecule is [C-]#[N+]c1cc(C)c(NC(=O)c2cc(Cl)nn2-c2ncccc2Cl)c(C(=O)NC2CC2)c1. The Labute approximate surface area is 188 Å². The minimum atomic E-state index is -0.555. The van der Waals surface area contributed by atoms with Gasteiger partial charge in [0, 0.05) is 18.3 Å². The highest BCUT2D eigenvalue weighted by molar-refractivity contribution is 6.32. The molecule has 0 radical (unpaired) electrons. The largest absolute Gasteiger partial charge is 0.349 e. The molecule has 1 aromatic carbocycles. The van der Waals surface area contributed by atoms with E-state index < -0.39 is 5.91 Å². The number of aryl methyl sites for hydroxylation is 1. The van der Waals surface area contributed by atoms with E-state index in [0.717, 1.165) is 12.8 Å². The number of nitrogens with one attached hydrogen (secondary N) is 2. The highest BCUT2D eigenvalue weighted by Crippen LogP contribution is 2.30. The molecule has 0 bridgehead atoms. The van der Waals surface area contributed by atoms with Crippen molar-refractivity contribution in [3.63, 3.8) is 0 Å². The molecule has 2 heterocycles. The molecule has 0 saturated heterocycles. The maximum Gasteiger partial charge on any atom is 0.274 e. The summed E-state index contributed by atoms with van der Waals surface area (Å²) in [6.45, 7) is 9.01. The van der Waals surface area contributed by atoms with Crippen LogP contribution in [-0.4, -0.2) is 32.6 Å². The molecule has 3 aromatic rings. The van der Waals surface area contributed by atoms with Crippen molar-refractivity contribution in [2.45, 2.75) is 25.8 Å². The summed E-state index contributed by atoms with van der Waals surface area (Å²) in [6.07, 6.45) is 3.35. The topological polar surface area (TPSA) is 93.3 Å². The number of carbonyl (C=O) groups excluding carboxylic acids is 2. The van der Waals surface area contributed by atoms with E-state index in [4.69, 9.17) is 29.8 Å². The Morgan fingerprint density at radius 2 is 2.00 bits per heavy atom. The number of halogens is 2. The van der Waals surface area contributed by atoms with Crippen molar-refractivity contribution >= 4 is 46.4 Å². The highest BCUT2D eigenvalue weighted by atomic mass is 35.5. The maximum atomic E-state index is 13.2. The van der Waals surface area contributed by atoms with Crippen LogP contribution in [0.15, 0.2) is 36.5 Å². The van der Waals surface area contributed by atoms with E-state index in [9.17, 15) is 9.59 Å². The van der Waals surface area contributed by atoms with Gasteiger partial charge in [-0.05, 0) is 43.5 Å². The second-order valence-corrected chi connectivity index (χ2v) is 7.87.